The van der Waals surface area contributed by atoms with Crippen LogP contribution in [0.2, 0.25) is 0 Å². The maximum atomic E-state index is 10.7. The fraction of sp³-hybridized carbons (Fsp3) is 0.684. The van der Waals surface area contributed by atoms with Gasteiger partial charge in [-0.3, -0.25) is 0 Å². The zero-order chi connectivity index (χ0) is 14.7. The van der Waals surface area contributed by atoms with Crippen molar-refractivity contribution in [2.24, 2.45) is 0 Å². The van der Waals surface area contributed by atoms with E-state index in [0.717, 1.165) is 25.7 Å². The summed E-state index contributed by atoms with van der Waals surface area (Å²) >= 11 is 0. The molecule has 1 heteroatoms. The first-order valence-electron chi connectivity index (χ1n) is 8.46. The van der Waals surface area contributed by atoms with Crippen LogP contribution in [0.5, 0.6) is 0 Å². The van der Waals surface area contributed by atoms with Gasteiger partial charge in [-0.1, -0.05) is 89.1 Å². The summed E-state index contributed by atoms with van der Waals surface area (Å²) in [4.78, 5) is 0. The Morgan fingerprint density at radius 1 is 0.850 bits per heavy atom. The highest BCUT2D eigenvalue weighted by molar-refractivity contribution is 5.16. The Morgan fingerprint density at radius 3 is 2.05 bits per heavy atom. The van der Waals surface area contributed by atoms with E-state index in [1.54, 1.807) is 0 Å². The zero-order valence-electron chi connectivity index (χ0n) is 13.4. The molecule has 0 aliphatic heterocycles. The summed E-state index contributed by atoms with van der Waals surface area (Å²) in [6.07, 6.45) is 11.7. The average Bonchev–Trinajstić information content (AvgIpc) is 2.47. The summed E-state index contributed by atoms with van der Waals surface area (Å²) in [7, 11) is 0. The van der Waals surface area contributed by atoms with Crippen molar-refractivity contribution in [2.45, 2.75) is 83.7 Å². The lowest BCUT2D eigenvalue weighted by atomic mass is 9.87. The molecule has 0 aliphatic rings. The highest BCUT2D eigenvalue weighted by Crippen LogP contribution is 2.24. The number of hydrogen-bond acceptors (Lipinski definition) is 1. The molecule has 1 rings (SSSR count). The molecule has 1 aromatic carbocycles. The molecule has 1 aromatic rings. The van der Waals surface area contributed by atoms with Crippen molar-refractivity contribution in [1.82, 2.24) is 0 Å². The molecule has 1 nitrogen and oxygen atoms in total. The topological polar surface area (TPSA) is 20.2 Å². The van der Waals surface area contributed by atoms with Crippen LogP contribution in [0.1, 0.15) is 77.2 Å². The van der Waals surface area contributed by atoms with E-state index in [1.165, 1.54) is 44.1 Å². The van der Waals surface area contributed by atoms with Crippen LogP contribution in [-0.4, -0.2) is 10.7 Å². The number of rotatable bonds is 11. The van der Waals surface area contributed by atoms with E-state index in [0.29, 0.717) is 0 Å². The second-order valence-electron chi connectivity index (χ2n) is 6.11. The predicted molar refractivity (Wildman–Crippen MR) is 88.0 cm³/mol. The minimum Gasteiger partial charge on any atom is -0.390 e. The van der Waals surface area contributed by atoms with Gasteiger partial charge in [-0.15, -0.1) is 0 Å². The van der Waals surface area contributed by atoms with Crippen LogP contribution in [0.25, 0.3) is 0 Å². The number of aliphatic hydroxyl groups is 1. The Morgan fingerprint density at radius 2 is 1.45 bits per heavy atom. The van der Waals surface area contributed by atoms with Gasteiger partial charge in [0.15, 0.2) is 0 Å². The van der Waals surface area contributed by atoms with Crippen LogP contribution in [-0.2, 0) is 6.42 Å². The summed E-state index contributed by atoms with van der Waals surface area (Å²) in [6.45, 7) is 4.36. The summed E-state index contributed by atoms with van der Waals surface area (Å²) < 4.78 is 0. The van der Waals surface area contributed by atoms with E-state index in [9.17, 15) is 5.11 Å². The second-order valence-corrected chi connectivity index (χ2v) is 6.11. The van der Waals surface area contributed by atoms with E-state index in [-0.39, 0.29) is 0 Å². The van der Waals surface area contributed by atoms with Crippen molar-refractivity contribution in [3.05, 3.63) is 35.9 Å². The molecule has 0 radical (unpaired) electrons. The van der Waals surface area contributed by atoms with E-state index in [4.69, 9.17) is 0 Å². The van der Waals surface area contributed by atoms with Gasteiger partial charge >= 0.3 is 0 Å². The van der Waals surface area contributed by atoms with Gasteiger partial charge in [0, 0.05) is 6.42 Å². The minimum atomic E-state index is -0.509. The molecule has 0 fully saturated rings. The molecule has 1 unspecified atom stereocenters. The molecule has 0 spiro atoms. The highest BCUT2D eigenvalue weighted by Gasteiger charge is 2.24. The molecule has 0 amide bonds. The summed E-state index contributed by atoms with van der Waals surface area (Å²) in [5, 5.41) is 10.7. The fourth-order valence-corrected chi connectivity index (χ4v) is 2.78. The molecular formula is C19H32O. The van der Waals surface area contributed by atoms with Gasteiger partial charge in [-0.05, 0) is 18.4 Å². The van der Waals surface area contributed by atoms with Crippen molar-refractivity contribution >= 4 is 0 Å². The highest BCUT2D eigenvalue weighted by atomic mass is 16.3. The quantitative estimate of drug-likeness (QED) is 0.528. The maximum Gasteiger partial charge on any atom is 0.0685 e. The Bertz CT molecular complexity index is 333. The smallest absolute Gasteiger partial charge is 0.0685 e. The van der Waals surface area contributed by atoms with Gasteiger partial charge < -0.3 is 5.11 Å². The van der Waals surface area contributed by atoms with Crippen molar-refractivity contribution in [3.8, 4) is 0 Å². The van der Waals surface area contributed by atoms with Crippen LogP contribution < -0.4 is 0 Å². The van der Waals surface area contributed by atoms with Gasteiger partial charge in [0.2, 0.25) is 0 Å². The SMILES string of the molecule is CCCCCCCCCC(O)(CC)Cc1ccccc1. The standard InChI is InChI=1S/C19H32O/c1-3-5-6-7-8-9-13-16-19(20,4-2)17-18-14-11-10-12-15-18/h10-12,14-15,20H,3-9,13,16-17H2,1-2H3. The van der Waals surface area contributed by atoms with E-state index >= 15 is 0 Å². The van der Waals surface area contributed by atoms with Crippen LogP contribution in [0.15, 0.2) is 30.3 Å². The third kappa shape index (κ3) is 7.09. The third-order valence-corrected chi connectivity index (χ3v) is 4.28. The summed E-state index contributed by atoms with van der Waals surface area (Å²) in [5.41, 5.74) is 0.741. The first-order chi connectivity index (χ1) is 9.70. The van der Waals surface area contributed by atoms with Crippen molar-refractivity contribution < 1.29 is 5.11 Å². The molecule has 0 aromatic heterocycles. The van der Waals surface area contributed by atoms with Gasteiger partial charge in [0.05, 0.1) is 5.60 Å². The summed E-state index contributed by atoms with van der Waals surface area (Å²) in [5.74, 6) is 0. The van der Waals surface area contributed by atoms with E-state index in [1.807, 2.05) is 6.07 Å². The van der Waals surface area contributed by atoms with Crippen molar-refractivity contribution in [3.63, 3.8) is 0 Å². The number of unbranched alkanes of at least 4 members (excludes halogenated alkanes) is 6. The molecule has 0 saturated heterocycles. The molecule has 1 N–H and O–H groups in total. The lowest BCUT2D eigenvalue weighted by molar-refractivity contribution is 0.0252. The average molecular weight is 276 g/mol. The Hall–Kier alpha value is -0.820. The minimum absolute atomic E-state index is 0.509. The molecule has 0 heterocycles. The molecule has 114 valence electrons. The second kappa shape index (κ2) is 9.99. The lowest BCUT2D eigenvalue weighted by Gasteiger charge is -2.27. The van der Waals surface area contributed by atoms with Crippen LogP contribution in [0, 0.1) is 0 Å². The van der Waals surface area contributed by atoms with E-state index in [2.05, 4.69) is 38.1 Å². The lowest BCUT2D eigenvalue weighted by Crippen LogP contribution is -2.30. The maximum absolute atomic E-state index is 10.7. The van der Waals surface area contributed by atoms with Crippen molar-refractivity contribution in [1.29, 1.82) is 0 Å². The Kier molecular flexibility index (Phi) is 8.60. The van der Waals surface area contributed by atoms with Crippen LogP contribution in [0.3, 0.4) is 0 Å². The molecular weight excluding hydrogens is 244 g/mol. The van der Waals surface area contributed by atoms with Gasteiger partial charge in [-0.25, -0.2) is 0 Å². The monoisotopic (exact) mass is 276 g/mol. The van der Waals surface area contributed by atoms with Gasteiger partial charge in [0.1, 0.15) is 0 Å². The normalized spacial score (nSPS) is 14.2. The molecule has 1 atom stereocenters. The third-order valence-electron chi connectivity index (χ3n) is 4.28. The van der Waals surface area contributed by atoms with Crippen molar-refractivity contribution in [2.75, 3.05) is 0 Å². The molecule has 0 aliphatic carbocycles. The largest absolute Gasteiger partial charge is 0.390 e. The van der Waals surface area contributed by atoms with Gasteiger partial charge in [-0.2, -0.15) is 0 Å². The van der Waals surface area contributed by atoms with Gasteiger partial charge in [0.25, 0.3) is 0 Å². The van der Waals surface area contributed by atoms with E-state index < -0.39 is 5.60 Å². The van der Waals surface area contributed by atoms with Crippen LogP contribution >= 0.6 is 0 Å². The Balaban J connectivity index is 2.24. The summed E-state index contributed by atoms with van der Waals surface area (Å²) in [6, 6.07) is 10.4. The number of benzene rings is 1. The first-order valence-corrected chi connectivity index (χ1v) is 8.46. The molecule has 20 heavy (non-hydrogen) atoms. The zero-order valence-corrected chi connectivity index (χ0v) is 13.4. The van der Waals surface area contributed by atoms with Crippen LogP contribution in [0.4, 0.5) is 0 Å². The Labute approximate surface area is 125 Å². The first kappa shape index (κ1) is 17.2. The molecule has 0 bridgehead atoms. The fourth-order valence-electron chi connectivity index (χ4n) is 2.78. The molecule has 0 saturated carbocycles. The predicted octanol–water partition coefficient (Wildman–Crippen LogP) is 5.51. The number of hydrogen-bond donors (Lipinski definition) is 1.